The van der Waals surface area contributed by atoms with Gasteiger partial charge in [-0.1, -0.05) is 12.5 Å². The van der Waals surface area contributed by atoms with Crippen LogP contribution in [0.5, 0.6) is 0 Å². The van der Waals surface area contributed by atoms with Crippen LogP contribution < -0.4 is 10.6 Å². The summed E-state index contributed by atoms with van der Waals surface area (Å²) in [5.74, 6) is 0.200. The van der Waals surface area contributed by atoms with Gasteiger partial charge in [-0.3, -0.25) is 9.59 Å². The van der Waals surface area contributed by atoms with Gasteiger partial charge in [0, 0.05) is 17.7 Å². The molecule has 0 saturated carbocycles. The lowest BCUT2D eigenvalue weighted by Gasteiger charge is -2.23. The van der Waals surface area contributed by atoms with Gasteiger partial charge in [-0.05, 0) is 49.9 Å². The molecule has 0 radical (unpaired) electrons. The monoisotopic (exact) mass is 272 g/mol. The van der Waals surface area contributed by atoms with Gasteiger partial charge in [0.05, 0.1) is 6.04 Å². The van der Waals surface area contributed by atoms with E-state index >= 15 is 0 Å². The molecule has 106 valence electrons. The second kappa shape index (κ2) is 5.75. The molecule has 1 aromatic rings. The molecule has 1 amide bonds. The van der Waals surface area contributed by atoms with Gasteiger partial charge in [0.25, 0.3) is 0 Å². The predicted molar refractivity (Wildman–Crippen MR) is 78.0 cm³/mol. The fraction of sp³-hybridized carbons (Fsp3) is 0.500. The number of rotatable bonds is 2. The lowest BCUT2D eigenvalue weighted by Crippen LogP contribution is -2.43. The number of hydrogen-bond donors (Lipinski definition) is 2. The van der Waals surface area contributed by atoms with Gasteiger partial charge in [0.2, 0.25) is 5.91 Å². The predicted octanol–water partition coefficient (Wildman–Crippen LogP) is 2.29. The van der Waals surface area contributed by atoms with Gasteiger partial charge >= 0.3 is 0 Å². The topological polar surface area (TPSA) is 58.2 Å². The van der Waals surface area contributed by atoms with Gasteiger partial charge < -0.3 is 10.6 Å². The zero-order chi connectivity index (χ0) is 13.9. The normalized spacial score (nSPS) is 22.2. The Labute approximate surface area is 118 Å². The van der Waals surface area contributed by atoms with Crippen molar-refractivity contribution in [2.24, 2.45) is 0 Å². The van der Waals surface area contributed by atoms with E-state index in [-0.39, 0.29) is 17.7 Å². The zero-order valence-corrected chi connectivity index (χ0v) is 11.6. The summed E-state index contributed by atoms with van der Waals surface area (Å²) in [7, 11) is 0. The van der Waals surface area contributed by atoms with Crippen LogP contribution in [0.3, 0.4) is 0 Å². The van der Waals surface area contributed by atoms with Crippen molar-refractivity contribution in [2.45, 2.75) is 44.6 Å². The van der Waals surface area contributed by atoms with Crippen molar-refractivity contribution in [3.8, 4) is 0 Å². The van der Waals surface area contributed by atoms with Crippen molar-refractivity contribution in [1.82, 2.24) is 5.32 Å². The summed E-state index contributed by atoms with van der Waals surface area (Å²) in [5.41, 5.74) is 2.62. The molecule has 0 spiro atoms. The van der Waals surface area contributed by atoms with E-state index in [1.54, 1.807) is 0 Å². The average Bonchev–Trinajstić information content (AvgIpc) is 2.49. The molecule has 4 heteroatoms. The number of carbonyl (C=O) groups is 2. The maximum atomic E-state index is 12.2. The van der Waals surface area contributed by atoms with E-state index in [1.165, 1.54) is 0 Å². The Hall–Kier alpha value is -1.68. The number of ketones is 1. The van der Waals surface area contributed by atoms with Gasteiger partial charge in [0.1, 0.15) is 0 Å². The highest BCUT2D eigenvalue weighted by molar-refractivity contribution is 6.01. The minimum absolute atomic E-state index is 0.00732. The second-order valence-corrected chi connectivity index (χ2v) is 5.64. The highest BCUT2D eigenvalue weighted by Gasteiger charge is 2.22. The summed E-state index contributed by atoms with van der Waals surface area (Å²) < 4.78 is 0. The molecule has 20 heavy (non-hydrogen) atoms. The summed E-state index contributed by atoms with van der Waals surface area (Å²) in [6, 6.07) is 5.60. The Morgan fingerprint density at radius 1 is 1.20 bits per heavy atom. The number of benzene rings is 1. The number of nitrogens with one attached hydrogen (secondary N) is 2. The Bertz CT molecular complexity index is 533. The first-order valence-corrected chi connectivity index (χ1v) is 7.44. The van der Waals surface area contributed by atoms with E-state index in [0.717, 1.165) is 55.5 Å². The van der Waals surface area contributed by atoms with Gasteiger partial charge in [-0.2, -0.15) is 0 Å². The minimum atomic E-state index is -0.101. The van der Waals surface area contributed by atoms with E-state index in [9.17, 15) is 9.59 Å². The standard InChI is InChI=1S/C16H20N2O2/c19-15-6-3-4-11-7-8-12(10-13(11)15)18-16(20)14-5-1-2-9-17-14/h7-8,10,14,17H,1-6,9H2,(H,18,20). The number of amides is 1. The molecule has 2 aliphatic rings. The van der Waals surface area contributed by atoms with Crippen molar-refractivity contribution in [2.75, 3.05) is 11.9 Å². The maximum absolute atomic E-state index is 12.2. The largest absolute Gasteiger partial charge is 0.325 e. The van der Waals surface area contributed by atoms with Gasteiger partial charge in [-0.15, -0.1) is 0 Å². The lowest BCUT2D eigenvalue weighted by molar-refractivity contribution is -0.118. The smallest absolute Gasteiger partial charge is 0.241 e. The molecule has 3 rings (SSSR count). The SMILES string of the molecule is O=C1CCCc2ccc(NC(=O)C3CCCCN3)cc21. The summed E-state index contributed by atoms with van der Waals surface area (Å²) in [6.45, 7) is 0.904. The second-order valence-electron chi connectivity index (χ2n) is 5.64. The first kappa shape index (κ1) is 13.3. The third-order valence-corrected chi connectivity index (χ3v) is 4.15. The number of carbonyl (C=O) groups excluding carboxylic acids is 2. The van der Waals surface area contributed by atoms with Crippen LogP contribution >= 0.6 is 0 Å². The third kappa shape index (κ3) is 2.75. The molecule has 1 atom stereocenters. The van der Waals surface area contributed by atoms with Crippen LogP contribution in [-0.4, -0.2) is 24.3 Å². The highest BCUT2D eigenvalue weighted by Crippen LogP contribution is 2.24. The summed E-state index contributed by atoms with van der Waals surface area (Å²) in [5, 5.41) is 6.16. The zero-order valence-electron chi connectivity index (χ0n) is 11.6. The van der Waals surface area contributed by atoms with Crippen LogP contribution in [0.1, 0.15) is 48.0 Å². The third-order valence-electron chi connectivity index (χ3n) is 4.15. The van der Waals surface area contributed by atoms with E-state index in [2.05, 4.69) is 10.6 Å². The van der Waals surface area contributed by atoms with Crippen LogP contribution in [0.15, 0.2) is 18.2 Å². The molecule has 0 aromatic heterocycles. The average molecular weight is 272 g/mol. The van der Waals surface area contributed by atoms with Crippen molar-refractivity contribution < 1.29 is 9.59 Å². The maximum Gasteiger partial charge on any atom is 0.241 e. The van der Waals surface area contributed by atoms with Crippen molar-refractivity contribution in [1.29, 1.82) is 0 Å². The number of piperidine rings is 1. The van der Waals surface area contributed by atoms with Crippen molar-refractivity contribution >= 4 is 17.4 Å². The van der Waals surface area contributed by atoms with Crippen LogP contribution in [0.4, 0.5) is 5.69 Å². The Morgan fingerprint density at radius 2 is 2.10 bits per heavy atom. The molecule has 0 bridgehead atoms. The number of fused-ring (bicyclic) bond motifs is 1. The van der Waals surface area contributed by atoms with Crippen LogP contribution in [0.2, 0.25) is 0 Å². The molecule has 1 unspecified atom stereocenters. The molecule has 1 saturated heterocycles. The molecular weight excluding hydrogens is 252 g/mol. The van der Waals surface area contributed by atoms with Crippen LogP contribution in [-0.2, 0) is 11.2 Å². The molecular formula is C16H20N2O2. The van der Waals surface area contributed by atoms with Gasteiger partial charge in [-0.25, -0.2) is 0 Å². The lowest BCUT2D eigenvalue weighted by atomic mass is 9.90. The molecule has 2 N–H and O–H groups in total. The minimum Gasteiger partial charge on any atom is -0.325 e. The fourth-order valence-electron chi connectivity index (χ4n) is 3.01. The Morgan fingerprint density at radius 3 is 2.90 bits per heavy atom. The molecule has 1 aliphatic carbocycles. The summed E-state index contributed by atoms with van der Waals surface area (Å²) in [6.07, 6.45) is 5.62. The molecule has 1 heterocycles. The number of aryl methyl sites for hydroxylation is 1. The number of anilines is 1. The number of hydrogen-bond acceptors (Lipinski definition) is 3. The van der Waals surface area contributed by atoms with Gasteiger partial charge in [0.15, 0.2) is 5.78 Å². The van der Waals surface area contributed by atoms with Crippen molar-refractivity contribution in [3.05, 3.63) is 29.3 Å². The summed E-state index contributed by atoms with van der Waals surface area (Å²) >= 11 is 0. The highest BCUT2D eigenvalue weighted by atomic mass is 16.2. The number of Topliss-reactive ketones (excluding diaryl/α,β-unsaturated/α-hetero) is 1. The Kier molecular flexibility index (Phi) is 3.83. The van der Waals surface area contributed by atoms with E-state index in [4.69, 9.17) is 0 Å². The van der Waals surface area contributed by atoms with E-state index in [0.29, 0.717) is 6.42 Å². The molecule has 1 fully saturated rings. The van der Waals surface area contributed by atoms with Crippen LogP contribution in [0.25, 0.3) is 0 Å². The van der Waals surface area contributed by atoms with E-state index < -0.39 is 0 Å². The summed E-state index contributed by atoms with van der Waals surface area (Å²) in [4.78, 5) is 24.1. The molecule has 1 aromatic carbocycles. The first-order valence-electron chi connectivity index (χ1n) is 7.44. The quantitative estimate of drug-likeness (QED) is 0.868. The first-order chi connectivity index (χ1) is 9.74. The molecule has 4 nitrogen and oxygen atoms in total. The van der Waals surface area contributed by atoms with Crippen LogP contribution in [0, 0.1) is 0 Å². The Balaban J connectivity index is 1.72. The molecule has 1 aliphatic heterocycles. The van der Waals surface area contributed by atoms with E-state index in [1.807, 2.05) is 18.2 Å². The fourth-order valence-corrected chi connectivity index (χ4v) is 3.01. The van der Waals surface area contributed by atoms with Crippen molar-refractivity contribution in [3.63, 3.8) is 0 Å².